The van der Waals surface area contributed by atoms with Gasteiger partial charge in [-0.25, -0.2) is 4.98 Å². The van der Waals surface area contributed by atoms with Gasteiger partial charge in [0.2, 0.25) is 0 Å². The van der Waals surface area contributed by atoms with Gasteiger partial charge in [-0.2, -0.15) is 0 Å². The standard InChI is InChI=1S/C16H18N2O2/c1-3-11-8-9-15(20-11)14(19)10-16-17-12-6-4-5-7-13(12)18(16)2/h4-9,14,19H,3,10H2,1-2H3. The molecule has 1 N–H and O–H groups in total. The van der Waals surface area contributed by atoms with Gasteiger partial charge in [0, 0.05) is 19.9 Å². The molecule has 0 fully saturated rings. The van der Waals surface area contributed by atoms with Crippen LogP contribution in [0.5, 0.6) is 0 Å². The molecule has 2 heterocycles. The first kappa shape index (κ1) is 12.9. The van der Waals surface area contributed by atoms with E-state index in [1.54, 1.807) is 0 Å². The van der Waals surface area contributed by atoms with Gasteiger partial charge < -0.3 is 14.1 Å². The number of para-hydroxylation sites is 2. The number of fused-ring (bicyclic) bond motifs is 1. The molecule has 0 saturated carbocycles. The number of aromatic nitrogens is 2. The lowest BCUT2D eigenvalue weighted by Gasteiger charge is -2.07. The van der Waals surface area contributed by atoms with Crippen molar-refractivity contribution in [3.8, 4) is 0 Å². The third kappa shape index (κ3) is 2.23. The molecule has 4 heteroatoms. The molecule has 0 bridgehead atoms. The van der Waals surface area contributed by atoms with E-state index in [1.165, 1.54) is 0 Å². The highest BCUT2D eigenvalue weighted by atomic mass is 16.4. The molecule has 1 aromatic carbocycles. The van der Waals surface area contributed by atoms with Gasteiger partial charge in [-0.3, -0.25) is 0 Å². The minimum atomic E-state index is -0.661. The quantitative estimate of drug-likeness (QED) is 0.793. The van der Waals surface area contributed by atoms with E-state index in [0.29, 0.717) is 12.2 Å². The molecule has 0 amide bonds. The number of imidazole rings is 1. The molecule has 2 aromatic heterocycles. The maximum Gasteiger partial charge on any atom is 0.133 e. The van der Waals surface area contributed by atoms with E-state index in [-0.39, 0.29) is 0 Å². The second kappa shape index (κ2) is 5.13. The molecule has 0 radical (unpaired) electrons. The van der Waals surface area contributed by atoms with Crippen LogP contribution in [0.25, 0.3) is 11.0 Å². The number of nitrogens with zero attached hydrogens (tertiary/aromatic N) is 2. The van der Waals surface area contributed by atoms with Crippen LogP contribution in [0.2, 0.25) is 0 Å². The number of hydrogen-bond acceptors (Lipinski definition) is 3. The first-order valence-electron chi connectivity index (χ1n) is 6.86. The van der Waals surface area contributed by atoms with Crippen LogP contribution in [0.15, 0.2) is 40.8 Å². The summed E-state index contributed by atoms with van der Waals surface area (Å²) in [6.45, 7) is 2.03. The van der Waals surface area contributed by atoms with Crippen molar-refractivity contribution in [1.82, 2.24) is 9.55 Å². The van der Waals surface area contributed by atoms with Crippen LogP contribution in [0, 0.1) is 0 Å². The third-order valence-corrected chi connectivity index (χ3v) is 3.62. The predicted molar refractivity (Wildman–Crippen MR) is 77.5 cm³/mol. The lowest BCUT2D eigenvalue weighted by atomic mass is 10.2. The molecular formula is C16H18N2O2. The number of aryl methyl sites for hydroxylation is 2. The van der Waals surface area contributed by atoms with Gasteiger partial charge in [0.05, 0.1) is 11.0 Å². The fraction of sp³-hybridized carbons (Fsp3) is 0.312. The number of furan rings is 1. The number of aliphatic hydroxyl groups excluding tert-OH is 1. The molecule has 20 heavy (non-hydrogen) atoms. The van der Waals surface area contributed by atoms with Crippen molar-refractivity contribution in [1.29, 1.82) is 0 Å². The minimum Gasteiger partial charge on any atom is -0.463 e. The van der Waals surface area contributed by atoms with Gasteiger partial charge in [0.15, 0.2) is 0 Å². The van der Waals surface area contributed by atoms with E-state index in [4.69, 9.17) is 4.42 Å². The summed E-state index contributed by atoms with van der Waals surface area (Å²) in [5.41, 5.74) is 2.02. The molecule has 0 spiro atoms. The van der Waals surface area contributed by atoms with Crippen molar-refractivity contribution in [2.75, 3.05) is 0 Å². The Morgan fingerprint density at radius 2 is 2.05 bits per heavy atom. The largest absolute Gasteiger partial charge is 0.463 e. The lowest BCUT2D eigenvalue weighted by molar-refractivity contribution is 0.145. The Morgan fingerprint density at radius 3 is 2.75 bits per heavy atom. The zero-order chi connectivity index (χ0) is 14.1. The molecule has 1 unspecified atom stereocenters. The maximum atomic E-state index is 10.3. The van der Waals surface area contributed by atoms with Gasteiger partial charge >= 0.3 is 0 Å². The average molecular weight is 270 g/mol. The SMILES string of the molecule is CCc1ccc(C(O)Cc2nc3ccccc3n2C)o1. The first-order valence-corrected chi connectivity index (χ1v) is 6.86. The molecule has 4 nitrogen and oxygen atoms in total. The smallest absolute Gasteiger partial charge is 0.133 e. The Balaban J connectivity index is 1.87. The van der Waals surface area contributed by atoms with Gasteiger partial charge in [0.25, 0.3) is 0 Å². The summed E-state index contributed by atoms with van der Waals surface area (Å²) in [5, 5.41) is 10.3. The molecule has 0 aliphatic rings. The summed E-state index contributed by atoms with van der Waals surface area (Å²) in [7, 11) is 1.97. The van der Waals surface area contributed by atoms with Crippen molar-refractivity contribution < 1.29 is 9.52 Å². The molecule has 0 saturated heterocycles. The van der Waals surface area contributed by atoms with Gasteiger partial charge in [-0.1, -0.05) is 19.1 Å². The molecular weight excluding hydrogens is 252 g/mol. The van der Waals surface area contributed by atoms with E-state index < -0.39 is 6.10 Å². The number of benzene rings is 1. The summed E-state index contributed by atoms with van der Waals surface area (Å²) in [6.07, 6.45) is 0.617. The lowest BCUT2D eigenvalue weighted by Crippen LogP contribution is -2.06. The van der Waals surface area contributed by atoms with Crippen LogP contribution in [0.3, 0.4) is 0 Å². The topological polar surface area (TPSA) is 51.2 Å². The predicted octanol–water partition coefficient (Wildman–Crippen LogP) is 3.00. The maximum absolute atomic E-state index is 10.3. The Morgan fingerprint density at radius 1 is 1.25 bits per heavy atom. The molecule has 3 aromatic rings. The molecule has 104 valence electrons. The van der Waals surface area contributed by atoms with Crippen molar-refractivity contribution in [2.45, 2.75) is 25.9 Å². The van der Waals surface area contributed by atoms with Crippen molar-refractivity contribution in [3.63, 3.8) is 0 Å². The summed E-state index contributed by atoms with van der Waals surface area (Å²) in [6, 6.07) is 11.7. The second-order valence-electron chi connectivity index (χ2n) is 4.95. The first-order chi connectivity index (χ1) is 9.69. The summed E-state index contributed by atoms with van der Waals surface area (Å²) >= 11 is 0. The zero-order valence-electron chi connectivity index (χ0n) is 11.7. The van der Waals surface area contributed by atoms with Crippen LogP contribution in [0.1, 0.15) is 30.4 Å². The van der Waals surface area contributed by atoms with Crippen LogP contribution in [0.4, 0.5) is 0 Å². The van der Waals surface area contributed by atoms with Crippen LogP contribution in [-0.4, -0.2) is 14.7 Å². The highest BCUT2D eigenvalue weighted by molar-refractivity contribution is 5.75. The normalized spacial score (nSPS) is 12.9. The number of aliphatic hydroxyl groups is 1. The Labute approximate surface area is 117 Å². The number of hydrogen-bond donors (Lipinski definition) is 1. The van der Waals surface area contributed by atoms with Crippen molar-refractivity contribution >= 4 is 11.0 Å². The van der Waals surface area contributed by atoms with E-state index in [0.717, 1.165) is 29.0 Å². The molecule has 0 aliphatic carbocycles. The Hall–Kier alpha value is -2.07. The summed E-state index contributed by atoms with van der Waals surface area (Å²) in [5.74, 6) is 2.35. The van der Waals surface area contributed by atoms with E-state index in [9.17, 15) is 5.11 Å². The van der Waals surface area contributed by atoms with Crippen molar-refractivity contribution in [2.24, 2.45) is 7.05 Å². The van der Waals surface area contributed by atoms with E-state index in [1.807, 2.05) is 54.9 Å². The van der Waals surface area contributed by atoms with Crippen molar-refractivity contribution in [3.05, 3.63) is 53.7 Å². The minimum absolute atomic E-state index is 0.446. The van der Waals surface area contributed by atoms with E-state index >= 15 is 0 Å². The average Bonchev–Trinajstić information content (AvgIpc) is 3.05. The fourth-order valence-electron chi connectivity index (χ4n) is 2.42. The second-order valence-corrected chi connectivity index (χ2v) is 4.95. The molecule has 0 aliphatic heterocycles. The van der Waals surface area contributed by atoms with Gasteiger partial charge in [-0.05, 0) is 24.3 Å². The van der Waals surface area contributed by atoms with Gasteiger partial charge in [-0.15, -0.1) is 0 Å². The Bertz CT molecular complexity index is 727. The number of rotatable bonds is 4. The van der Waals surface area contributed by atoms with Crippen LogP contribution >= 0.6 is 0 Å². The third-order valence-electron chi connectivity index (χ3n) is 3.62. The summed E-state index contributed by atoms with van der Waals surface area (Å²) in [4.78, 5) is 4.57. The molecule has 1 atom stereocenters. The van der Waals surface area contributed by atoms with E-state index in [2.05, 4.69) is 4.98 Å². The molecule has 3 rings (SSSR count). The fourth-order valence-corrected chi connectivity index (χ4v) is 2.42. The zero-order valence-corrected chi connectivity index (χ0v) is 11.7. The van der Waals surface area contributed by atoms with Gasteiger partial charge in [0.1, 0.15) is 23.4 Å². The van der Waals surface area contributed by atoms with Crippen LogP contribution < -0.4 is 0 Å². The summed E-state index contributed by atoms with van der Waals surface area (Å²) < 4.78 is 7.61. The highest BCUT2D eigenvalue weighted by Gasteiger charge is 2.16. The monoisotopic (exact) mass is 270 g/mol. The van der Waals surface area contributed by atoms with Crippen LogP contribution in [-0.2, 0) is 19.9 Å². The Kier molecular flexibility index (Phi) is 3.32. The highest BCUT2D eigenvalue weighted by Crippen LogP contribution is 2.22.